The lowest BCUT2D eigenvalue weighted by atomic mass is 9.83. The van der Waals surface area contributed by atoms with Gasteiger partial charge >= 0.3 is 0 Å². The van der Waals surface area contributed by atoms with Gasteiger partial charge in [-0.25, -0.2) is 0 Å². The number of benzene rings is 2. The van der Waals surface area contributed by atoms with E-state index in [1.54, 1.807) is 0 Å². The molecule has 2 heteroatoms. The molecule has 0 amide bonds. The highest BCUT2D eigenvalue weighted by Crippen LogP contribution is 2.38. The van der Waals surface area contributed by atoms with Gasteiger partial charge in [-0.3, -0.25) is 0 Å². The minimum Gasteiger partial charge on any atom is -0.399 e. The van der Waals surface area contributed by atoms with Crippen molar-refractivity contribution in [2.45, 2.75) is 19.3 Å². The summed E-state index contributed by atoms with van der Waals surface area (Å²) in [7, 11) is 0. The molecule has 0 saturated carbocycles. The van der Waals surface area contributed by atoms with Crippen molar-refractivity contribution in [1.29, 1.82) is 0 Å². The maximum Gasteiger partial charge on any atom is 0.0379 e. The van der Waals surface area contributed by atoms with E-state index >= 15 is 0 Å². The van der Waals surface area contributed by atoms with Crippen LogP contribution in [0.15, 0.2) is 42.5 Å². The van der Waals surface area contributed by atoms with Crippen LogP contribution in [0, 0.1) is 6.92 Å². The van der Waals surface area contributed by atoms with Gasteiger partial charge < -0.3 is 11.1 Å². The number of anilines is 2. The Bertz CT molecular complexity index is 575. The standard InChI is InChI=1S/C16H18N2/c1-11-6-7-12(17)10-15(11)13-8-9-18-16-5-3-2-4-14(13)16/h2-7,10,13,18H,8-9,17H2,1H3. The quantitative estimate of drug-likeness (QED) is 0.746. The fourth-order valence-corrected chi connectivity index (χ4v) is 2.83. The average Bonchev–Trinajstić information content (AvgIpc) is 2.41. The molecule has 0 saturated heterocycles. The molecule has 0 aromatic heterocycles. The Morgan fingerprint density at radius 1 is 1.11 bits per heavy atom. The van der Waals surface area contributed by atoms with Gasteiger partial charge in [-0.2, -0.15) is 0 Å². The third kappa shape index (κ3) is 1.84. The molecular formula is C16H18N2. The number of nitrogens with two attached hydrogens (primary N) is 1. The number of aryl methyl sites for hydroxylation is 1. The summed E-state index contributed by atoms with van der Waals surface area (Å²) in [6, 6.07) is 14.8. The molecule has 18 heavy (non-hydrogen) atoms. The molecule has 2 aromatic carbocycles. The predicted molar refractivity (Wildman–Crippen MR) is 77.0 cm³/mol. The van der Waals surface area contributed by atoms with Crippen LogP contribution < -0.4 is 11.1 Å². The molecule has 3 rings (SSSR count). The van der Waals surface area contributed by atoms with E-state index in [2.05, 4.69) is 48.6 Å². The Labute approximate surface area is 108 Å². The molecule has 0 aliphatic carbocycles. The zero-order chi connectivity index (χ0) is 12.5. The van der Waals surface area contributed by atoms with Crippen LogP contribution in [0.4, 0.5) is 11.4 Å². The van der Waals surface area contributed by atoms with Crippen molar-refractivity contribution in [3.8, 4) is 0 Å². The highest BCUT2D eigenvalue weighted by molar-refractivity contribution is 5.59. The van der Waals surface area contributed by atoms with Gasteiger partial charge in [0.2, 0.25) is 0 Å². The van der Waals surface area contributed by atoms with Crippen molar-refractivity contribution in [3.63, 3.8) is 0 Å². The first-order valence-corrected chi connectivity index (χ1v) is 6.44. The monoisotopic (exact) mass is 238 g/mol. The number of rotatable bonds is 1. The first-order valence-electron chi connectivity index (χ1n) is 6.44. The third-order valence-electron chi connectivity index (χ3n) is 3.76. The van der Waals surface area contributed by atoms with Gasteiger partial charge in [0.15, 0.2) is 0 Å². The van der Waals surface area contributed by atoms with Crippen LogP contribution in [0.3, 0.4) is 0 Å². The van der Waals surface area contributed by atoms with Crippen LogP contribution in [0.5, 0.6) is 0 Å². The number of hydrogen-bond acceptors (Lipinski definition) is 2. The van der Waals surface area contributed by atoms with E-state index in [4.69, 9.17) is 5.73 Å². The normalized spacial score (nSPS) is 17.9. The van der Waals surface area contributed by atoms with Crippen molar-refractivity contribution < 1.29 is 0 Å². The van der Waals surface area contributed by atoms with Gasteiger partial charge in [0.25, 0.3) is 0 Å². The van der Waals surface area contributed by atoms with Gasteiger partial charge in [-0.05, 0) is 48.2 Å². The Balaban J connectivity index is 2.11. The molecule has 1 heterocycles. The summed E-state index contributed by atoms with van der Waals surface area (Å²) in [6.07, 6.45) is 1.13. The summed E-state index contributed by atoms with van der Waals surface area (Å²) >= 11 is 0. The largest absolute Gasteiger partial charge is 0.399 e. The van der Waals surface area contributed by atoms with Crippen LogP contribution in [0.2, 0.25) is 0 Å². The minimum atomic E-state index is 0.464. The number of fused-ring (bicyclic) bond motifs is 1. The average molecular weight is 238 g/mol. The van der Waals surface area contributed by atoms with Gasteiger partial charge in [0, 0.05) is 23.8 Å². The van der Waals surface area contributed by atoms with Crippen molar-refractivity contribution in [1.82, 2.24) is 0 Å². The van der Waals surface area contributed by atoms with E-state index in [1.807, 2.05) is 6.07 Å². The highest BCUT2D eigenvalue weighted by atomic mass is 14.9. The molecule has 0 spiro atoms. The van der Waals surface area contributed by atoms with Crippen molar-refractivity contribution in [2.24, 2.45) is 0 Å². The summed E-state index contributed by atoms with van der Waals surface area (Å²) in [4.78, 5) is 0. The maximum absolute atomic E-state index is 5.94. The van der Waals surface area contributed by atoms with Crippen molar-refractivity contribution in [2.75, 3.05) is 17.6 Å². The van der Waals surface area contributed by atoms with Gasteiger partial charge in [0.05, 0.1) is 0 Å². The molecule has 0 fully saturated rings. The van der Waals surface area contributed by atoms with Crippen LogP contribution in [0.25, 0.3) is 0 Å². The van der Waals surface area contributed by atoms with E-state index in [0.717, 1.165) is 18.7 Å². The summed E-state index contributed by atoms with van der Waals surface area (Å²) in [5.41, 5.74) is 12.1. The molecule has 3 N–H and O–H groups in total. The first-order chi connectivity index (χ1) is 8.75. The molecule has 1 aliphatic heterocycles. The highest BCUT2D eigenvalue weighted by Gasteiger charge is 2.22. The first kappa shape index (κ1) is 11.1. The molecule has 0 radical (unpaired) electrons. The lowest BCUT2D eigenvalue weighted by molar-refractivity contribution is 0.716. The van der Waals surface area contributed by atoms with E-state index < -0.39 is 0 Å². The van der Waals surface area contributed by atoms with Crippen molar-refractivity contribution >= 4 is 11.4 Å². The Kier molecular flexibility index (Phi) is 2.71. The minimum absolute atomic E-state index is 0.464. The Morgan fingerprint density at radius 2 is 1.94 bits per heavy atom. The van der Waals surface area contributed by atoms with Gasteiger partial charge in [-0.1, -0.05) is 24.3 Å². The lowest BCUT2D eigenvalue weighted by Crippen LogP contribution is -2.18. The van der Waals surface area contributed by atoms with Crippen LogP contribution >= 0.6 is 0 Å². The molecule has 1 aliphatic rings. The molecule has 1 atom stereocenters. The van der Waals surface area contributed by atoms with Gasteiger partial charge in [0.1, 0.15) is 0 Å². The molecule has 0 bridgehead atoms. The van der Waals surface area contributed by atoms with Crippen LogP contribution in [0.1, 0.15) is 29.0 Å². The topological polar surface area (TPSA) is 38.0 Å². The molecule has 2 aromatic rings. The number of nitrogen functional groups attached to an aromatic ring is 1. The summed E-state index contributed by atoms with van der Waals surface area (Å²) < 4.78 is 0. The van der Waals surface area contributed by atoms with E-state index in [1.165, 1.54) is 22.4 Å². The zero-order valence-corrected chi connectivity index (χ0v) is 10.6. The van der Waals surface area contributed by atoms with E-state index in [9.17, 15) is 0 Å². The second kappa shape index (κ2) is 4.37. The van der Waals surface area contributed by atoms with E-state index in [0.29, 0.717) is 5.92 Å². The molecule has 92 valence electrons. The fraction of sp³-hybridized carbons (Fsp3) is 0.250. The summed E-state index contributed by atoms with van der Waals surface area (Å²) in [5.74, 6) is 0.464. The SMILES string of the molecule is Cc1ccc(N)cc1C1CCNc2ccccc21. The third-order valence-corrected chi connectivity index (χ3v) is 3.76. The Morgan fingerprint density at radius 3 is 2.83 bits per heavy atom. The van der Waals surface area contributed by atoms with Gasteiger partial charge in [-0.15, -0.1) is 0 Å². The van der Waals surface area contributed by atoms with Crippen molar-refractivity contribution in [3.05, 3.63) is 59.2 Å². The number of hydrogen-bond donors (Lipinski definition) is 2. The maximum atomic E-state index is 5.94. The van der Waals surface area contributed by atoms with E-state index in [-0.39, 0.29) is 0 Å². The fourth-order valence-electron chi connectivity index (χ4n) is 2.83. The zero-order valence-electron chi connectivity index (χ0n) is 10.6. The number of nitrogens with one attached hydrogen (secondary N) is 1. The van der Waals surface area contributed by atoms with Crippen LogP contribution in [-0.2, 0) is 0 Å². The summed E-state index contributed by atoms with van der Waals surface area (Å²) in [6.45, 7) is 3.19. The molecule has 2 nitrogen and oxygen atoms in total. The lowest BCUT2D eigenvalue weighted by Gasteiger charge is -2.28. The molecular weight excluding hydrogens is 220 g/mol. The second-order valence-corrected chi connectivity index (χ2v) is 4.97. The predicted octanol–water partition coefficient (Wildman–Crippen LogP) is 3.52. The summed E-state index contributed by atoms with van der Waals surface area (Å²) in [5, 5.41) is 3.47. The Hall–Kier alpha value is -1.96. The molecule has 1 unspecified atom stereocenters. The smallest absolute Gasteiger partial charge is 0.0379 e. The van der Waals surface area contributed by atoms with Crippen LogP contribution in [-0.4, -0.2) is 6.54 Å². The second-order valence-electron chi connectivity index (χ2n) is 4.97. The number of para-hydroxylation sites is 1.